The van der Waals surface area contributed by atoms with Crippen molar-refractivity contribution in [1.29, 1.82) is 0 Å². The van der Waals surface area contributed by atoms with E-state index < -0.39 is 16.1 Å². The van der Waals surface area contributed by atoms with E-state index in [-0.39, 0.29) is 17.2 Å². The maximum Gasteiger partial charge on any atom is 0.341 e. The molecule has 0 saturated heterocycles. The van der Waals surface area contributed by atoms with Gasteiger partial charge in [0.1, 0.15) is 4.90 Å². The highest BCUT2D eigenvalue weighted by Crippen LogP contribution is 2.14. The van der Waals surface area contributed by atoms with Crippen molar-refractivity contribution in [2.45, 2.75) is 57.8 Å². The number of unbranched alkanes of at least 4 members (excludes halogenated alkanes) is 1. The molecule has 0 unspecified atom stereocenters. The second-order valence-electron chi connectivity index (χ2n) is 5.14. The van der Waals surface area contributed by atoms with Gasteiger partial charge in [-0.05, 0) is 31.9 Å². The van der Waals surface area contributed by atoms with Crippen LogP contribution in [0.3, 0.4) is 0 Å². The summed E-state index contributed by atoms with van der Waals surface area (Å²) >= 11 is 0. The quantitative estimate of drug-likeness (QED) is 0.334. The summed E-state index contributed by atoms with van der Waals surface area (Å²) in [5.74, 6) is 4.02. The molecule has 0 spiro atoms. The van der Waals surface area contributed by atoms with Crippen LogP contribution in [-0.2, 0) is 23.9 Å². The van der Waals surface area contributed by atoms with Crippen LogP contribution in [0.25, 0.3) is 0 Å². The highest BCUT2D eigenvalue weighted by atomic mass is 32.2. The maximum absolute atomic E-state index is 11.6. The van der Waals surface area contributed by atoms with Gasteiger partial charge in [-0.1, -0.05) is 38.0 Å². The van der Waals surface area contributed by atoms with Gasteiger partial charge in [0.25, 0.3) is 0 Å². The van der Waals surface area contributed by atoms with Crippen LogP contribution in [0.5, 0.6) is 0 Å². The monoisotopic (exact) mass is 358 g/mol. The average Bonchev–Trinajstić information content (AvgIpc) is 2.53. The summed E-state index contributed by atoms with van der Waals surface area (Å²) in [5, 5.41) is 0. The zero-order valence-electron chi connectivity index (χ0n) is 14.4. The van der Waals surface area contributed by atoms with Crippen molar-refractivity contribution in [3.63, 3.8) is 0 Å². The molecule has 24 heavy (non-hydrogen) atoms. The van der Waals surface area contributed by atoms with Gasteiger partial charge in [-0.15, -0.1) is 0 Å². The summed E-state index contributed by atoms with van der Waals surface area (Å²) in [6.07, 6.45) is 3.16. The Balaban J connectivity index is 0.000000561. The van der Waals surface area contributed by atoms with Gasteiger partial charge < -0.3 is 4.18 Å². The molecular formula is C16H26N2O5S. The van der Waals surface area contributed by atoms with E-state index in [1.807, 2.05) is 13.8 Å². The molecule has 3 N–H and O–H groups in total. The number of carbonyl (C=O) groups excluding carboxylic acids is 2. The zero-order valence-corrected chi connectivity index (χ0v) is 15.2. The van der Waals surface area contributed by atoms with Crippen LogP contribution in [0.4, 0.5) is 0 Å². The Morgan fingerprint density at radius 2 is 1.67 bits per heavy atom. The summed E-state index contributed by atoms with van der Waals surface area (Å²) in [5.41, 5.74) is 3.00. The summed E-state index contributed by atoms with van der Waals surface area (Å²) < 4.78 is 27.6. The first-order valence-electron chi connectivity index (χ1n) is 7.80. The minimum Gasteiger partial charge on any atom is -0.342 e. The first kappa shape index (κ1) is 22.1. The van der Waals surface area contributed by atoms with Crippen LogP contribution in [0.15, 0.2) is 29.2 Å². The van der Waals surface area contributed by atoms with Crippen LogP contribution in [-0.4, -0.2) is 20.3 Å². The number of hydrogen-bond donors (Lipinski definition) is 2. The van der Waals surface area contributed by atoms with Crippen molar-refractivity contribution in [3.05, 3.63) is 29.8 Å². The second kappa shape index (κ2) is 11.6. The molecule has 0 heterocycles. The molecule has 0 fully saturated rings. The third-order valence-electron chi connectivity index (χ3n) is 2.88. The minimum atomic E-state index is -3.95. The number of rotatable bonds is 7. The highest BCUT2D eigenvalue weighted by molar-refractivity contribution is 7.87. The number of benzene rings is 1. The van der Waals surface area contributed by atoms with Crippen molar-refractivity contribution in [2.24, 2.45) is 5.84 Å². The lowest BCUT2D eigenvalue weighted by Gasteiger charge is -2.04. The van der Waals surface area contributed by atoms with Crippen LogP contribution in [0.1, 0.15) is 51.5 Å². The van der Waals surface area contributed by atoms with Crippen molar-refractivity contribution in [2.75, 3.05) is 0 Å². The molecule has 0 atom stereocenters. The van der Waals surface area contributed by atoms with Gasteiger partial charge in [0.2, 0.25) is 5.91 Å². The van der Waals surface area contributed by atoms with E-state index in [4.69, 9.17) is 5.84 Å². The fourth-order valence-electron chi connectivity index (χ4n) is 1.53. The minimum absolute atomic E-state index is 0.00236. The van der Waals surface area contributed by atoms with E-state index in [0.29, 0.717) is 12.8 Å². The van der Waals surface area contributed by atoms with Crippen LogP contribution in [0, 0.1) is 6.92 Å². The van der Waals surface area contributed by atoms with E-state index in [9.17, 15) is 18.0 Å². The standard InChI is InChI=1S/C11H14O4S.C5H12N2O/c1-3-4-11(12)15-16(13,14)10-7-5-9(2)6-8-10;1-2-3-4-5(8)7-6/h5-8H,3-4H2,1-2H3;2-4,6H2,1H3,(H,7,8). The largest absolute Gasteiger partial charge is 0.342 e. The molecule has 1 aromatic carbocycles. The molecule has 0 radical (unpaired) electrons. The Morgan fingerprint density at radius 3 is 2.12 bits per heavy atom. The molecule has 0 aliphatic carbocycles. The number of nitrogens with one attached hydrogen (secondary N) is 1. The smallest absolute Gasteiger partial charge is 0.341 e. The molecule has 0 bridgehead atoms. The number of hydrogen-bond acceptors (Lipinski definition) is 6. The average molecular weight is 358 g/mol. The van der Waals surface area contributed by atoms with Crippen LogP contribution in [0.2, 0.25) is 0 Å². The Hall–Kier alpha value is -1.93. The number of hydrazine groups is 1. The lowest BCUT2D eigenvalue weighted by molar-refractivity contribution is -0.133. The Bertz CT molecular complexity index is 612. The number of aryl methyl sites for hydroxylation is 1. The fraction of sp³-hybridized carbons (Fsp3) is 0.500. The maximum atomic E-state index is 11.6. The molecule has 8 heteroatoms. The molecule has 1 rings (SSSR count). The molecular weight excluding hydrogens is 332 g/mol. The summed E-state index contributed by atoms with van der Waals surface area (Å²) in [6, 6.07) is 6.15. The van der Waals surface area contributed by atoms with Crippen LogP contribution >= 0.6 is 0 Å². The molecule has 0 aliphatic rings. The number of carbonyl (C=O) groups is 2. The predicted molar refractivity (Wildman–Crippen MR) is 91.2 cm³/mol. The molecule has 0 aliphatic heterocycles. The molecule has 7 nitrogen and oxygen atoms in total. The Labute approximate surface area is 143 Å². The Morgan fingerprint density at radius 1 is 1.08 bits per heavy atom. The highest BCUT2D eigenvalue weighted by Gasteiger charge is 2.19. The molecule has 1 aromatic rings. The predicted octanol–water partition coefficient (Wildman–Crippen LogP) is 2.19. The first-order valence-corrected chi connectivity index (χ1v) is 9.21. The van der Waals surface area contributed by atoms with Crippen LogP contribution < -0.4 is 11.3 Å². The van der Waals surface area contributed by atoms with Gasteiger partial charge in [0.05, 0.1) is 0 Å². The number of nitrogens with two attached hydrogens (primary N) is 1. The van der Waals surface area contributed by atoms with E-state index in [1.165, 1.54) is 12.1 Å². The van der Waals surface area contributed by atoms with Crippen molar-refractivity contribution in [3.8, 4) is 0 Å². The zero-order chi connectivity index (χ0) is 18.6. The molecule has 0 aromatic heterocycles. The van der Waals surface area contributed by atoms with Gasteiger partial charge in [0, 0.05) is 12.8 Å². The summed E-state index contributed by atoms with van der Waals surface area (Å²) in [7, 11) is -3.95. The van der Waals surface area contributed by atoms with Crippen molar-refractivity contribution < 1.29 is 22.2 Å². The second-order valence-corrected chi connectivity index (χ2v) is 6.69. The summed E-state index contributed by atoms with van der Waals surface area (Å²) in [6.45, 7) is 5.66. The normalized spacial score (nSPS) is 10.3. The van der Waals surface area contributed by atoms with Gasteiger partial charge in [-0.25, -0.2) is 5.84 Å². The van der Waals surface area contributed by atoms with E-state index in [1.54, 1.807) is 19.1 Å². The fourth-order valence-corrected chi connectivity index (χ4v) is 2.42. The number of amides is 1. The first-order chi connectivity index (χ1) is 11.3. The van der Waals surface area contributed by atoms with Gasteiger partial charge >= 0.3 is 16.1 Å². The Kier molecular flexibility index (Phi) is 10.7. The lowest BCUT2D eigenvalue weighted by atomic mass is 10.2. The van der Waals surface area contributed by atoms with Crippen molar-refractivity contribution in [1.82, 2.24) is 5.43 Å². The third-order valence-corrected chi connectivity index (χ3v) is 4.14. The van der Waals surface area contributed by atoms with Crippen molar-refractivity contribution >= 4 is 22.0 Å². The topological polar surface area (TPSA) is 116 Å². The van der Waals surface area contributed by atoms with Gasteiger partial charge in [0.15, 0.2) is 0 Å². The molecule has 0 saturated carbocycles. The van der Waals surface area contributed by atoms with Gasteiger partial charge in [-0.2, -0.15) is 8.42 Å². The SMILES string of the molecule is CCCC(=O)OS(=O)(=O)c1ccc(C)cc1.CCCCC(=O)NN. The molecule has 1 amide bonds. The molecule has 136 valence electrons. The van der Waals surface area contributed by atoms with E-state index >= 15 is 0 Å². The van der Waals surface area contributed by atoms with E-state index in [2.05, 4.69) is 9.61 Å². The van der Waals surface area contributed by atoms with Gasteiger partial charge in [-0.3, -0.25) is 15.0 Å². The third kappa shape index (κ3) is 9.26. The lowest BCUT2D eigenvalue weighted by Crippen LogP contribution is -2.29. The van der Waals surface area contributed by atoms with E-state index in [0.717, 1.165) is 18.4 Å². The summed E-state index contributed by atoms with van der Waals surface area (Å²) in [4.78, 5) is 21.4.